The Balaban J connectivity index is 2.46. The number of nitrogens with two attached hydrogens (primary N) is 1. The Morgan fingerprint density at radius 2 is 2.12 bits per heavy atom. The molecule has 102 valence electrons. The van der Waals surface area contributed by atoms with Crippen molar-refractivity contribution in [2.75, 3.05) is 26.2 Å². The zero-order valence-electron chi connectivity index (χ0n) is 10.5. The molecule has 1 saturated carbocycles. The number of halogens is 2. The molecule has 1 fully saturated rings. The van der Waals surface area contributed by atoms with Gasteiger partial charge in [0.05, 0.1) is 13.2 Å². The fraction of sp³-hybridized carbons (Fsp3) is 1.00. The summed E-state index contributed by atoms with van der Waals surface area (Å²) in [6, 6.07) is 0.116. The van der Waals surface area contributed by atoms with E-state index in [2.05, 4.69) is 6.92 Å². The molecule has 0 amide bonds. The van der Waals surface area contributed by atoms with E-state index in [0.29, 0.717) is 19.0 Å². The smallest absolute Gasteiger partial charge is 0.251 e. The van der Waals surface area contributed by atoms with E-state index in [4.69, 9.17) is 10.8 Å². The van der Waals surface area contributed by atoms with Gasteiger partial charge in [-0.1, -0.05) is 6.92 Å². The number of hydrogen-bond donors (Lipinski definition) is 2. The minimum Gasteiger partial charge on any atom is -0.395 e. The minimum absolute atomic E-state index is 0.0791. The normalized spacial score (nSPS) is 30.2. The molecule has 5 heteroatoms. The van der Waals surface area contributed by atoms with Crippen molar-refractivity contribution in [1.82, 2.24) is 4.90 Å². The zero-order valence-corrected chi connectivity index (χ0v) is 10.5. The van der Waals surface area contributed by atoms with Gasteiger partial charge in [0.1, 0.15) is 0 Å². The Hall–Kier alpha value is -0.260. The van der Waals surface area contributed by atoms with E-state index >= 15 is 0 Å². The van der Waals surface area contributed by atoms with Crippen LogP contribution in [0.2, 0.25) is 0 Å². The first kappa shape index (κ1) is 14.8. The first-order valence-corrected chi connectivity index (χ1v) is 6.39. The number of rotatable bonds is 6. The Morgan fingerprint density at radius 1 is 1.41 bits per heavy atom. The molecule has 0 radical (unpaired) electrons. The van der Waals surface area contributed by atoms with E-state index in [1.807, 2.05) is 0 Å². The second kappa shape index (κ2) is 7.24. The number of hydrogen-bond acceptors (Lipinski definition) is 3. The number of aliphatic hydroxyl groups is 1. The van der Waals surface area contributed by atoms with Crippen LogP contribution in [0.1, 0.15) is 26.2 Å². The van der Waals surface area contributed by atoms with Crippen molar-refractivity contribution < 1.29 is 13.9 Å². The fourth-order valence-electron chi connectivity index (χ4n) is 2.66. The predicted molar refractivity (Wildman–Crippen MR) is 64.0 cm³/mol. The Morgan fingerprint density at radius 3 is 2.71 bits per heavy atom. The van der Waals surface area contributed by atoms with Crippen molar-refractivity contribution in [3.05, 3.63) is 0 Å². The number of aliphatic hydroxyl groups excluding tert-OH is 1. The van der Waals surface area contributed by atoms with Gasteiger partial charge in [0.2, 0.25) is 0 Å². The average Bonchev–Trinajstić information content (AvgIpc) is 2.23. The van der Waals surface area contributed by atoms with Gasteiger partial charge < -0.3 is 10.8 Å². The van der Waals surface area contributed by atoms with Crippen molar-refractivity contribution in [3.63, 3.8) is 0 Å². The van der Waals surface area contributed by atoms with Crippen LogP contribution in [0.3, 0.4) is 0 Å². The van der Waals surface area contributed by atoms with Crippen LogP contribution in [0.4, 0.5) is 8.78 Å². The Kier molecular flexibility index (Phi) is 6.30. The zero-order chi connectivity index (χ0) is 12.8. The molecule has 1 aliphatic rings. The minimum atomic E-state index is -2.35. The van der Waals surface area contributed by atoms with E-state index in [1.54, 1.807) is 4.90 Å². The maximum atomic E-state index is 12.4. The molecule has 0 aromatic carbocycles. The van der Waals surface area contributed by atoms with E-state index in [0.717, 1.165) is 19.3 Å². The molecule has 1 aliphatic carbocycles. The van der Waals surface area contributed by atoms with Gasteiger partial charge in [-0.05, 0) is 31.1 Å². The predicted octanol–water partition coefficient (Wildman–Crippen LogP) is 1.31. The lowest BCUT2D eigenvalue weighted by molar-refractivity contribution is 0.0599. The lowest BCUT2D eigenvalue weighted by atomic mass is 9.79. The Labute approximate surface area is 102 Å². The lowest BCUT2D eigenvalue weighted by Gasteiger charge is -2.36. The van der Waals surface area contributed by atoms with E-state index in [-0.39, 0.29) is 25.1 Å². The lowest BCUT2D eigenvalue weighted by Crippen LogP contribution is -2.44. The summed E-state index contributed by atoms with van der Waals surface area (Å²) in [5.74, 6) is 0.909. The quantitative estimate of drug-likeness (QED) is 0.747. The summed E-state index contributed by atoms with van der Waals surface area (Å²) < 4.78 is 24.8. The first-order valence-electron chi connectivity index (χ1n) is 6.39. The van der Waals surface area contributed by atoms with Crippen molar-refractivity contribution in [2.24, 2.45) is 17.6 Å². The van der Waals surface area contributed by atoms with Crippen molar-refractivity contribution in [3.8, 4) is 0 Å². The monoisotopic (exact) mass is 250 g/mol. The first-order chi connectivity index (χ1) is 8.02. The summed E-state index contributed by atoms with van der Waals surface area (Å²) in [5.41, 5.74) is 6.04. The third kappa shape index (κ3) is 5.27. The van der Waals surface area contributed by atoms with Crippen LogP contribution in [0.5, 0.6) is 0 Å². The molecule has 0 heterocycles. The van der Waals surface area contributed by atoms with E-state index in [9.17, 15) is 8.78 Å². The molecule has 0 aromatic rings. The molecule has 0 aliphatic heterocycles. The van der Waals surface area contributed by atoms with Gasteiger partial charge in [-0.2, -0.15) is 0 Å². The number of alkyl halides is 2. The highest BCUT2D eigenvalue weighted by atomic mass is 19.3. The molecule has 3 nitrogen and oxygen atoms in total. The standard InChI is InChI=1S/C12H24F2N2O/c1-9-2-3-11(15)10(6-9)7-16(4-5-17)8-12(13)14/h9-12,17H,2-8,15H2,1H3. The summed E-state index contributed by atoms with van der Waals surface area (Å²) in [7, 11) is 0. The molecular weight excluding hydrogens is 226 g/mol. The highest BCUT2D eigenvalue weighted by Gasteiger charge is 2.28. The van der Waals surface area contributed by atoms with Gasteiger partial charge in [-0.15, -0.1) is 0 Å². The van der Waals surface area contributed by atoms with E-state index < -0.39 is 6.43 Å². The molecule has 1 rings (SSSR count). The fourth-order valence-corrected chi connectivity index (χ4v) is 2.66. The molecule has 0 spiro atoms. The van der Waals surface area contributed by atoms with Gasteiger partial charge in [-0.3, -0.25) is 4.90 Å². The van der Waals surface area contributed by atoms with Crippen LogP contribution >= 0.6 is 0 Å². The number of nitrogens with zero attached hydrogens (tertiary/aromatic N) is 1. The molecule has 0 saturated heterocycles. The van der Waals surface area contributed by atoms with Gasteiger partial charge in [0, 0.05) is 19.1 Å². The molecular formula is C12H24F2N2O. The van der Waals surface area contributed by atoms with Crippen molar-refractivity contribution >= 4 is 0 Å². The second-order valence-electron chi connectivity index (χ2n) is 5.22. The van der Waals surface area contributed by atoms with Crippen LogP contribution in [0.15, 0.2) is 0 Å². The average molecular weight is 250 g/mol. The maximum Gasteiger partial charge on any atom is 0.251 e. The highest BCUT2D eigenvalue weighted by Crippen LogP contribution is 2.28. The molecule has 3 N–H and O–H groups in total. The third-order valence-corrected chi connectivity index (χ3v) is 3.61. The third-order valence-electron chi connectivity index (χ3n) is 3.61. The topological polar surface area (TPSA) is 49.5 Å². The molecule has 3 atom stereocenters. The highest BCUT2D eigenvalue weighted by molar-refractivity contribution is 4.83. The van der Waals surface area contributed by atoms with Crippen molar-refractivity contribution in [2.45, 2.75) is 38.7 Å². The van der Waals surface area contributed by atoms with Gasteiger partial charge in [-0.25, -0.2) is 8.78 Å². The van der Waals surface area contributed by atoms with Crippen LogP contribution in [0, 0.1) is 11.8 Å². The largest absolute Gasteiger partial charge is 0.395 e. The van der Waals surface area contributed by atoms with E-state index in [1.165, 1.54) is 0 Å². The SMILES string of the molecule is CC1CCC(N)C(CN(CCO)CC(F)F)C1. The van der Waals surface area contributed by atoms with Crippen molar-refractivity contribution in [1.29, 1.82) is 0 Å². The summed E-state index contributed by atoms with van der Waals surface area (Å²) >= 11 is 0. The maximum absolute atomic E-state index is 12.4. The molecule has 3 unspecified atom stereocenters. The van der Waals surface area contributed by atoms with Crippen LogP contribution < -0.4 is 5.73 Å². The summed E-state index contributed by atoms with van der Waals surface area (Å²) in [4.78, 5) is 1.63. The van der Waals surface area contributed by atoms with Crippen LogP contribution in [-0.2, 0) is 0 Å². The van der Waals surface area contributed by atoms with Gasteiger partial charge in [0.15, 0.2) is 0 Å². The van der Waals surface area contributed by atoms with Crippen LogP contribution in [0.25, 0.3) is 0 Å². The second-order valence-corrected chi connectivity index (χ2v) is 5.22. The molecule has 17 heavy (non-hydrogen) atoms. The molecule has 0 aromatic heterocycles. The summed E-state index contributed by atoms with van der Waals surface area (Å²) in [5, 5.41) is 8.88. The van der Waals surface area contributed by atoms with Crippen LogP contribution in [-0.4, -0.2) is 48.7 Å². The summed E-state index contributed by atoms with van der Waals surface area (Å²) in [6.45, 7) is 2.73. The molecule has 0 bridgehead atoms. The van der Waals surface area contributed by atoms with Gasteiger partial charge in [0.25, 0.3) is 6.43 Å². The summed E-state index contributed by atoms with van der Waals surface area (Å²) in [6.07, 6.45) is 0.769. The van der Waals surface area contributed by atoms with Gasteiger partial charge >= 0.3 is 0 Å². The Bertz CT molecular complexity index is 217.